The SMILES string of the molecule is CCNC(c1ccc(OC)c(Cl)c1)c1ccco1. The maximum absolute atomic E-state index is 6.15. The Kier molecular flexibility index (Phi) is 4.28. The van der Waals surface area contributed by atoms with Crippen LogP contribution in [0.4, 0.5) is 0 Å². The van der Waals surface area contributed by atoms with Crippen LogP contribution in [-0.4, -0.2) is 13.7 Å². The highest BCUT2D eigenvalue weighted by Gasteiger charge is 2.16. The van der Waals surface area contributed by atoms with Crippen molar-refractivity contribution in [2.24, 2.45) is 0 Å². The average molecular weight is 266 g/mol. The lowest BCUT2D eigenvalue weighted by Crippen LogP contribution is -2.21. The monoisotopic (exact) mass is 265 g/mol. The standard InChI is InChI=1S/C14H16ClNO2/c1-3-16-14(13-5-4-8-18-13)10-6-7-12(17-2)11(15)9-10/h4-9,14,16H,3H2,1-2H3. The van der Waals surface area contributed by atoms with Crippen LogP contribution in [0.2, 0.25) is 5.02 Å². The van der Waals surface area contributed by atoms with E-state index in [4.69, 9.17) is 20.8 Å². The highest BCUT2D eigenvalue weighted by atomic mass is 35.5. The number of rotatable bonds is 5. The van der Waals surface area contributed by atoms with Gasteiger partial charge in [0.05, 0.1) is 24.4 Å². The first-order valence-electron chi connectivity index (χ1n) is 5.86. The molecule has 2 rings (SSSR count). The smallest absolute Gasteiger partial charge is 0.137 e. The van der Waals surface area contributed by atoms with Crippen LogP contribution in [0.25, 0.3) is 0 Å². The fourth-order valence-electron chi connectivity index (χ4n) is 1.90. The molecule has 0 bridgehead atoms. The molecule has 1 aromatic heterocycles. The van der Waals surface area contributed by atoms with Crippen LogP contribution in [0, 0.1) is 0 Å². The van der Waals surface area contributed by atoms with Gasteiger partial charge in [-0.25, -0.2) is 0 Å². The van der Waals surface area contributed by atoms with E-state index in [1.165, 1.54) is 0 Å². The van der Waals surface area contributed by atoms with Gasteiger partial charge in [0.15, 0.2) is 0 Å². The zero-order chi connectivity index (χ0) is 13.0. The van der Waals surface area contributed by atoms with Crippen LogP contribution in [-0.2, 0) is 0 Å². The van der Waals surface area contributed by atoms with Gasteiger partial charge < -0.3 is 14.5 Å². The molecule has 0 aliphatic carbocycles. The molecule has 0 saturated carbocycles. The Morgan fingerprint density at radius 2 is 2.22 bits per heavy atom. The molecule has 18 heavy (non-hydrogen) atoms. The first kappa shape index (κ1) is 13.0. The van der Waals surface area contributed by atoms with Crippen molar-refractivity contribution in [1.29, 1.82) is 0 Å². The molecule has 0 amide bonds. The van der Waals surface area contributed by atoms with Gasteiger partial charge in [0.1, 0.15) is 11.5 Å². The van der Waals surface area contributed by atoms with E-state index in [1.54, 1.807) is 13.4 Å². The second-order valence-electron chi connectivity index (χ2n) is 3.90. The highest BCUT2D eigenvalue weighted by molar-refractivity contribution is 6.32. The van der Waals surface area contributed by atoms with Crippen LogP contribution in [0.5, 0.6) is 5.75 Å². The Balaban J connectivity index is 2.34. The lowest BCUT2D eigenvalue weighted by molar-refractivity contribution is 0.414. The largest absolute Gasteiger partial charge is 0.495 e. The van der Waals surface area contributed by atoms with Crippen molar-refractivity contribution in [2.45, 2.75) is 13.0 Å². The lowest BCUT2D eigenvalue weighted by Gasteiger charge is -2.17. The first-order valence-corrected chi connectivity index (χ1v) is 6.24. The normalized spacial score (nSPS) is 12.4. The molecule has 0 aliphatic heterocycles. The molecule has 1 unspecified atom stereocenters. The second kappa shape index (κ2) is 5.94. The van der Waals surface area contributed by atoms with E-state index in [1.807, 2.05) is 30.3 Å². The third-order valence-electron chi connectivity index (χ3n) is 2.75. The van der Waals surface area contributed by atoms with Gasteiger partial charge in [-0.3, -0.25) is 0 Å². The summed E-state index contributed by atoms with van der Waals surface area (Å²) in [5.41, 5.74) is 1.05. The van der Waals surface area contributed by atoms with Gasteiger partial charge in [0.2, 0.25) is 0 Å². The van der Waals surface area contributed by atoms with Crippen molar-refractivity contribution < 1.29 is 9.15 Å². The predicted molar refractivity (Wildman–Crippen MR) is 72.2 cm³/mol. The van der Waals surface area contributed by atoms with Gasteiger partial charge in [-0.1, -0.05) is 24.6 Å². The van der Waals surface area contributed by atoms with Crippen LogP contribution in [0.1, 0.15) is 24.3 Å². The third kappa shape index (κ3) is 2.68. The number of ether oxygens (including phenoxy) is 1. The molecule has 96 valence electrons. The zero-order valence-corrected chi connectivity index (χ0v) is 11.2. The molecule has 0 aliphatic rings. The van der Waals surface area contributed by atoms with Crippen molar-refractivity contribution in [3.63, 3.8) is 0 Å². The molecule has 0 saturated heterocycles. The number of methoxy groups -OCH3 is 1. The fraction of sp³-hybridized carbons (Fsp3) is 0.286. The Morgan fingerprint density at radius 3 is 2.78 bits per heavy atom. The summed E-state index contributed by atoms with van der Waals surface area (Å²) in [6.45, 7) is 2.90. The van der Waals surface area contributed by atoms with Crippen molar-refractivity contribution in [1.82, 2.24) is 5.32 Å². The zero-order valence-electron chi connectivity index (χ0n) is 10.4. The minimum atomic E-state index is 0.00778. The summed E-state index contributed by atoms with van der Waals surface area (Å²) in [6.07, 6.45) is 1.67. The molecule has 2 aromatic rings. The van der Waals surface area contributed by atoms with Crippen LogP contribution in [0.15, 0.2) is 41.0 Å². The van der Waals surface area contributed by atoms with Gasteiger partial charge in [0.25, 0.3) is 0 Å². The molecule has 4 heteroatoms. The number of hydrogen-bond acceptors (Lipinski definition) is 3. The second-order valence-corrected chi connectivity index (χ2v) is 4.31. The number of furan rings is 1. The highest BCUT2D eigenvalue weighted by Crippen LogP contribution is 2.30. The Bertz CT molecular complexity index is 497. The molecule has 3 nitrogen and oxygen atoms in total. The Hall–Kier alpha value is -1.45. The van der Waals surface area contributed by atoms with Gasteiger partial charge in [-0.05, 0) is 36.4 Å². The van der Waals surface area contributed by atoms with E-state index < -0.39 is 0 Å². The maximum atomic E-state index is 6.15. The Labute approximate surface area is 112 Å². The van der Waals surface area contributed by atoms with Gasteiger partial charge in [-0.15, -0.1) is 0 Å². The molecule has 1 heterocycles. The summed E-state index contributed by atoms with van der Waals surface area (Å²) in [4.78, 5) is 0. The molecule has 0 radical (unpaired) electrons. The predicted octanol–water partition coefficient (Wildman–Crippen LogP) is 3.64. The molecule has 1 atom stereocenters. The number of halogens is 1. The van der Waals surface area contributed by atoms with E-state index >= 15 is 0 Å². The number of benzene rings is 1. The fourth-order valence-corrected chi connectivity index (χ4v) is 2.17. The first-order chi connectivity index (χ1) is 8.76. The number of nitrogens with one attached hydrogen (secondary N) is 1. The average Bonchev–Trinajstić information content (AvgIpc) is 2.89. The van der Waals surface area contributed by atoms with E-state index in [0.29, 0.717) is 10.8 Å². The number of hydrogen-bond donors (Lipinski definition) is 1. The van der Waals surface area contributed by atoms with E-state index in [0.717, 1.165) is 17.9 Å². The topological polar surface area (TPSA) is 34.4 Å². The van der Waals surface area contributed by atoms with Crippen LogP contribution < -0.4 is 10.1 Å². The summed E-state index contributed by atoms with van der Waals surface area (Å²) in [5.74, 6) is 1.55. The van der Waals surface area contributed by atoms with Gasteiger partial charge in [-0.2, -0.15) is 0 Å². The quantitative estimate of drug-likeness (QED) is 0.896. The van der Waals surface area contributed by atoms with Crippen LogP contribution >= 0.6 is 11.6 Å². The molecule has 1 N–H and O–H groups in total. The van der Waals surface area contributed by atoms with E-state index in [-0.39, 0.29) is 6.04 Å². The lowest BCUT2D eigenvalue weighted by atomic mass is 10.0. The van der Waals surface area contributed by atoms with Crippen molar-refractivity contribution >= 4 is 11.6 Å². The summed E-state index contributed by atoms with van der Waals surface area (Å²) >= 11 is 6.15. The van der Waals surface area contributed by atoms with Crippen molar-refractivity contribution in [3.8, 4) is 5.75 Å². The summed E-state index contributed by atoms with van der Waals surface area (Å²) in [5, 5.41) is 3.97. The van der Waals surface area contributed by atoms with Gasteiger partial charge in [0, 0.05) is 0 Å². The third-order valence-corrected chi connectivity index (χ3v) is 3.04. The molecule has 0 fully saturated rings. The van der Waals surface area contributed by atoms with E-state index in [2.05, 4.69) is 12.2 Å². The summed E-state index contributed by atoms with van der Waals surface area (Å²) in [6, 6.07) is 9.59. The van der Waals surface area contributed by atoms with Crippen LogP contribution in [0.3, 0.4) is 0 Å². The summed E-state index contributed by atoms with van der Waals surface area (Å²) < 4.78 is 10.6. The molecule has 0 spiro atoms. The minimum absolute atomic E-state index is 0.00778. The molecular weight excluding hydrogens is 250 g/mol. The Morgan fingerprint density at radius 1 is 1.39 bits per heavy atom. The van der Waals surface area contributed by atoms with Crippen molar-refractivity contribution in [2.75, 3.05) is 13.7 Å². The summed E-state index contributed by atoms with van der Waals surface area (Å²) in [7, 11) is 1.61. The maximum Gasteiger partial charge on any atom is 0.137 e. The molecule has 1 aromatic carbocycles. The van der Waals surface area contributed by atoms with E-state index in [9.17, 15) is 0 Å². The van der Waals surface area contributed by atoms with Gasteiger partial charge >= 0.3 is 0 Å². The van der Waals surface area contributed by atoms with Crippen molar-refractivity contribution in [3.05, 3.63) is 52.9 Å². The molecular formula is C14H16ClNO2. The minimum Gasteiger partial charge on any atom is -0.495 e.